The van der Waals surface area contributed by atoms with E-state index in [0.717, 1.165) is 22.5 Å². The Labute approximate surface area is 99.7 Å². The summed E-state index contributed by atoms with van der Waals surface area (Å²) in [6.07, 6.45) is 3.44. The number of nitrogens with one attached hydrogen (secondary N) is 1. The number of rotatable bonds is 2. The van der Waals surface area contributed by atoms with Crippen LogP contribution in [0.1, 0.15) is 21.7 Å². The monoisotopic (exact) mass is 230 g/mol. The van der Waals surface area contributed by atoms with E-state index in [1.165, 1.54) is 7.11 Å². The SMILES string of the molecule is COC(=O)c1c(C)[nH]c(C)c1-c1cccnc1. The van der Waals surface area contributed by atoms with E-state index < -0.39 is 0 Å². The van der Waals surface area contributed by atoms with Crippen LogP contribution in [0.2, 0.25) is 0 Å². The smallest absolute Gasteiger partial charge is 0.340 e. The standard InChI is InChI=1S/C13H14N2O2/c1-8-11(10-5-4-6-14-7-10)12(9(2)15-8)13(16)17-3/h4-7,15H,1-3H3. The molecule has 0 bridgehead atoms. The summed E-state index contributed by atoms with van der Waals surface area (Å²) in [5.74, 6) is -0.328. The van der Waals surface area contributed by atoms with Crippen LogP contribution in [-0.4, -0.2) is 23.0 Å². The molecule has 0 radical (unpaired) electrons. The van der Waals surface area contributed by atoms with Gasteiger partial charge in [-0.25, -0.2) is 4.79 Å². The molecule has 0 spiro atoms. The molecular formula is C13H14N2O2. The van der Waals surface area contributed by atoms with Crippen LogP contribution in [0.5, 0.6) is 0 Å². The number of hydrogen-bond donors (Lipinski definition) is 1. The summed E-state index contributed by atoms with van der Waals surface area (Å²) < 4.78 is 4.81. The van der Waals surface area contributed by atoms with Crippen LogP contribution in [0.15, 0.2) is 24.5 Å². The van der Waals surface area contributed by atoms with Gasteiger partial charge in [-0.1, -0.05) is 6.07 Å². The zero-order valence-electron chi connectivity index (χ0n) is 10.1. The summed E-state index contributed by atoms with van der Waals surface area (Å²) in [6.45, 7) is 3.79. The van der Waals surface area contributed by atoms with E-state index in [1.807, 2.05) is 26.0 Å². The van der Waals surface area contributed by atoms with E-state index >= 15 is 0 Å². The van der Waals surface area contributed by atoms with Gasteiger partial charge in [-0.2, -0.15) is 0 Å². The van der Waals surface area contributed by atoms with Crippen molar-refractivity contribution in [1.29, 1.82) is 0 Å². The molecule has 0 amide bonds. The number of nitrogens with zero attached hydrogens (tertiary/aromatic N) is 1. The van der Waals surface area contributed by atoms with Crippen molar-refractivity contribution in [1.82, 2.24) is 9.97 Å². The number of hydrogen-bond acceptors (Lipinski definition) is 3. The molecule has 2 rings (SSSR count). The van der Waals surface area contributed by atoms with Crippen molar-refractivity contribution < 1.29 is 9.53 Å². The molecule has 1 N–H and O–H groups in total. The number of ether oxygens (including phenoxy) is 1. The second kappa shape index (κ2) is 4.41. The van der Waals surface area contributed by atoms with Gasteiger partial charge in [-0.3, -0.25) is 4.98 Å². The molecule has 0 aliphatic rings. The lowest BCUT2D eigenvalue weighted by molar-refractivity contribution is 0.0601. The van der Waals surface area contributed by atoms with Crippen molar-refractivity contribution in [3.8, 4) is 11.1 Å². The van der Waals surface area contributed by atoms with Crippen molar-refractivity contribution in [3.63, 3.8) is 0 Å². The van der Waals surface area contributed by atoms with Gasteiger partial charge in [0.25, 0.3) is 0 Å². The summed E-state index contributed by atoms with van der Waals surface area (Å²) >= 11 is 0. The average Bonchev–Trinajstić information content (AvgIpc) is 2.64. The first-order valence-electron chi connectivity index (χ1n) is 5.33. The number of aryl methyl sites for hydroxylation is 2. The van der Waals surface area contributed by atoms with Crippen molar-refractivity contribution in [2.45, 2.75) is 13.8 Å². The molecule has 0 aromatic carbocycles. The van der Waals surface area contributed by atoms with Crippen LogP contribution in [0.25, 0.3) is 11.1 Å². The van der Waals surface area contributed by atoms with E-state index in [-0.39, 0.29) is 5.97 Å². The Bertz CT molecular complexity index is 544. The third kappa shape index (κ3) is 1.93. The molecule has 0 aliphatic carbocycles. The number of aromatic nitrogens is 2. The van der Waals surface area contributed by atoms with Crippen LogP contribution >= 0.6 is 0 Å². The number of pyridine rings is 1. The number of H-pyrrole nitrogens is 1. The van der Waals surface area contributed by atoms with Crippen molar-refractivity contribution >= 4 is 5.97 Å². The highest BCUT2D eigenvalue weighted by Crippen LogP contribution is 2.29. The fourth-order valence-corrected chi connectivity index (χ4v) is 2.01. The zero-order chi connectivity index (χ0) is 12.4. The number of methoxy groups -OCH3 is 1. The third-order valence-electron chi connectivity index (χ3n) is 2.71. The number of aromatic amines is 1. The minimum Gasteiger partial charge on any atom is -0.465 e. The van der Waals surface area contributed by atoms with Gasteiger partial charge in [0, 0.05) is 34.9 Å². The molecule has 88 valence electrons. The molecule has 4 heteroatoms. The van der Waals surface area contributed by atoms with Crippen LogP contribution in [-0.2, 0) is 4.74 Å². The third-order valence-corrected chi connectivity index (χ3v) is 2.71. The van der Waals surface area contributed by atoms with Crippen LogP contribution in [0, 0.1) is 13.8 Å². The van der Waals surface area contributed by atoms with Gasteiger partial charge < -0.3 is 9.72 Å². The predicted molar refractivity (Wildman–Crippen MR) is 64.8 cm³/mol. The largest absolute Gasteiger partial charge is 0.465 e. The molecule has 2 aromatic heterocycles. The minimum absolute atomic E-state index is 0.328. The molecule has 2 aromatic rings. The molecule has 0 atom stereocenters. The molecule has 0 fully saturated rings. The molecule has 0 unspecified atom stereocenters. The van der Waals surface area contributed by atoms with E-state index in [1.54, 1.807) is 12.4 Å². The number of carbonyl (C=O) groups excluding carboxylic acids is 1. The first-order valence-corrected chi connectivity index (χ1v) is 5.33. The highest BCUT2D eigenvalue weighted by Gasteiger charge is 2.20. The Hall–Kier alpha value is -2.10. The van der Waals surface area contributed by atoms with Crippen LogP contribution in [0.3, 0.4) is 0 Å². The van der Waals surface area contributed by atoms with E-state index in [4.69, 9.17) is 4.74 Å². The quantitative estimate of drug-likeness (QED) is 0.806. The lowest BCUT2D eigenvalue weighted by atomic mass is 10.0. The molecule has 0 saturated carbocycles. The van der Waals surface area contributed by atoms with Crippen LogP contribution < -0.4 is 0 Å². The Kier molecular flexibility index (Phi) is 2.95. The van der Waals surface area contributed by atoms with Crippen molar-refractivity contribution in [2.24, 2.45) is 0 Å². The summed E-state index contributed by atoms with van der Waals surface area (Å²) in [5, 5.41) is 0. The minimum atomic E-state index is -0.328. The predicted octanol–water partition coefficient (Wildman–Crippen LogP) is 2.48. The lowest BCUT2D eigenvalue weighted by Gasteiger charge is -2.04. The van der Waals surface area contributed by atoms with Crippen molar-refractivity contribution in [2.75, 3.05) is 7.11 Å². The molecule has 0 aliphatic heterocycles. The maximum absolute atomic E-state index is 11.8. The van der Waals surface area contributed by atoms with E-state index in [0.29, 0.717) is 5.56 Å². The molecule has 4 nitrogen and oxygen atoms in total. The Balaban J connectivity index is 2.65. The van der Waals surface area contributed by atoms with Crippen LogP contribution in [0.4, 0.5) is 0 Å². The topological polar surface area (TPSA) is 55.0 Å². The Morgan fingerprint density at radius 2 is 2.12 bits per heavy atom. The maximum Gasteiger partial charge on any atom is 0.340 e. The molecule has 17 heavy (non-hydrogen) atoms. The van der Waals surface area contributed by atoms with Gasteiger partial charge >= 0.3 is 5.97 Å². The van der Waals surface area contributed by atoms with E-state index in [2.05, 4.69) is 9.97 Å². The second-order valence-electron chi connectivity index (χ2n) is 3.86. The van der Waals surface area contributed by atoms with Gasteiger partial charge in [-0.15, -0.1) is 0 Å². The first-order chi connectivity index (χ1) is 8.15. The molecule has 0 saturated heterocycles. The van der Waals surface area contributed by atoms with Gasteiger partial charge in [0.05, 0.1) is 12.7 Å². The number of esters is 1. The maximum atomic E-state index is 11.8. The summed E-state index contributed by atoms with van der Waals surface area (Å²) in [5.41, 5.74) is 4.11. The molecule has 2 heterocycles. The highest BCUT2D eigenvalue weighted by molar-refractivity contribution is 5.99. The normalized spacial score (nSPS) is 10.3. The Morgan fingerprint density at radius 3 is 2.71 bits per heavy atom. The van der Waals surface area contributed by atoms with E-state index in [9.17, 15) is 4.79 Å². The first kappa shape index (κ1) is 11.4. The van der Waals surface area contributed by atoms with Crippen molar-refractivity contribution in [3.05, 3.63) is 41.5 Å². The summed E-state index contributed by atoms with van der Waals surface area (Å²) in [7, 11) is 1.39. The van der Waals surface area contributed by atoms with Gasteiger partial charge in [0.2, 0.25) is 0 Å². The summed E-state index contributed by atoms with van der Waals surface area (Å²) in [6, 6.07) is 3.77. The fourth-order valence-electron chi connectivity index (χ4n) is 2.01. The average molecular weight is 230 g/mol. The summed E-state index contributed by atoms with van der Waals surface area (Å²) in [4.78, 5) is 19.0. The Morgan fingerprint density at radius 1 is 1.35 bits per heavy atom. The van der Waals surface area contributed by atoms with Gasteiger partial charge in [-0.05, 0) is 19.9 Å². The van der Waals surface area contributed by atoms with Gasteiger partial charge in [0.1, 0.15) is 0 Å². The molecular weight excluding hydrogens is 216 g/mol. The highest BCUT2D eigenvalue weighted by atomic mass is 16.5. The fraction of sp³-hybridized carbons (Fsp3) is 0.231. The zero-order valence-corrected chi connectivity index (χ0v) is 10.1. The lowest BCUT2D eigenvalue weighted by Crippen LogP contribution is -2.03. The van der Waals surface area contributed by atoms with Gasteiger partial charge in [0.15, 0.2) is 0 Å². The second-order valence-corrected chi connectivity index (χ2v) is 3.86. The number of carbonyl (C=O) groups is 1.